The van der Waals surface area contributed by atoms with E-state index >= 15 is 0 Å². The molecule has 1 heterocycles. The lowest BCUT2D eigenvalue weighted by atomic mass is 10.1. The number of benzene rings is 3. The molecule has 0 saturated carbocycles. The summed E-state index contributed by atoms with van der Waals surface area (Å²) in [5, 5.41) is 0.270. The number of esters is 2. The van der Waals surface area contributed by atoms with Gasteiger partial charge in [0.1, 0.15) is 29.8 Å². The Morgan fingerprint density at radius 3 is 2.38 bits per heavy atom. The van der Waals surface area contributed by atoms with Gasteiger partial charge in [-0.2, -0.15) is 0 Å². The van der Waals surface area contributed by atoms with E-state index < -0.39 is 18.0 Å². The molecule has 0 aliphatic heterocycles. The number of hydrogen-bond acceptors (Lipinski definition) is 7. The lowest BCUT2D eigenvalue weighted by molar-refractivity contribution is 0.0229. The summed E-state index contributed by atoms with van der Waals surface area (Å²) >= 11 is 0. The standard InChI is InChI=1S/C27H22O7/c1-17(33-27(30)18-8-4-3-5-9-18)16-32-23-11-7-6-10-20(23)25-15-22(28)21-14-19(26(29)31-2)12-13-24(21)34-25/h3-15,17H,16H2,1-2H3. The van der Waals surface area contributed by atoms with Crippen LogP contribution in [0.25, 0.3) is 22.3 Å². The van der Waals surface area contributed by atoms with Crippen molar-refractivity contribution in [2.75, 3.05) is 13.7 Å². The number of carbonyl (C=O) groups is 2. The Balaban J connectivity index is 1.54. The number of hydrogen-bond donors (Lipinski definition) is 0. The minimum absolute atomic E-state index is 0.107. The van der Waals surface area contributed by atoms with E-state index in [2.05, 4.69) is 0 Å². The van der Waals surface area contributed by atoms with Gasteiger partial charge in [-0.15, -0.1) is 0 Å². The SMILES string of the molecule is COC(=O)c1ccc2oc(-c3ccccc3OCC(C)OC(=O)c3ccccc3)cc(=O)c2c1. The van der Waals surface area contributed by atoms with Gasteiger partial charge in [0.25, 0.3) is 0 Å². The van der Waals surface area contributed by atoms with Crippen LogP contribution < -0.4 is 10.2 Å². The van der Waals surface area contributed by atoms with Crippen molar-refractivity contribution >= 4 is 22.9 Å². The van der Waals surface area contributed by atoms with Gasteiger partial charge in [0, 0.05) is 6.07 Å². The molecular weight excluding hydrogens is 436 g/mol. The number of methoxy groups -OCH3 is 1. The molecule has 4 rings (SSSR count). The van der Waals surface area contributed by atoms with Crippen molar-refractivity contribution < 1.29 is 28.2 Å². The van der Waals surface area contributed by atoms with Crippen molar-refractivity contribution in [1.82, 2.24) is 0 Å². The summed E-state index contributed by atoms with van der Waals surface area (Å²) in [6, 6.07) is 21.7. The second kappa shape index (κ2) is 10.0. The summed E-state index contributed by atoms with van der Waals surface area (Å²) < 4.78 is 22.0. The van der Waals surface area contributed by atoms with E-state index in [9.17, 15) is 14.4 Å². The fourth-order valence-corrected chi connectivity index (χ4v) is 3.40. The van der Waals surface area contributed by atoms with Crippen molar-refractivity contribution in [3.63, 3.8) is 0 Å². The highest BCUT2D eigenvalue weighted by molar-refractivity contribution is 5.94. The van der Waals surface area contributed by atoms with Gasteiger partial charge in [-0.25, -0.2) is 9.59 Å². The van der Waals surface area contributed by atoms with Crippen LogP contribution in [0.4, 0.5) is 0 Å². The maximum absolute atomic E-state index is 12.8. The minimum atomic E-state index is -0.536. The first-order valence-corrected chi connectivity index (χ1v) is 10.6. The van der Waals surface area contributed by atoms with Crippen molar-refractivity contribution in [2.24, 2.45) is 0 Å². The monoisotopic (exact) mass is 458 g/mol. The summed E-state index contributed by atoms with van der Waals surface area (Å²) in [7, 11) is 1.28. The van der Waals surface area contributed by atoms with E-state index in [-0.39, 0.29) is 23.0 Å². The van der Waals surface area contributed by atoms with Crippen LogP contribution in [-0.4, -0.2) is 31.8 Å². The molecule has 0 radical (unpaired) electrons. The second-order valence-electron chi connectivity index (χ2n) is 7.57. The molecule has 7 heteroatoms. The molecule has 4 aromatic rings. The number of carbonyl (C=O) groups excluding carboxylic acids is 2. The van der Waals surface area contributed by atoms with Crippen molar-refractivity contribution in [1.29, 1.82) is 0 Å². The predicted molar refractivity (Wildman–Crippen MR) is 126 cm³/mol. The van der Waals surface area contributed by atoms with Gasteiger partial charge in [-0.3, -0.25) is 4.79 Å². The highest BCUT2D eigenvalue weighted by Crippen LogP contribution is 2.31. The van der Waals surface area contributed by atoms with Crippen LogP contribution in [-0.2, 0) is 9.47 Å². The third kappa shape index (κ3) is 4.99. The van der Waals surface area contributed by atoms with Crippen LogP contribution in [0.15, 0.2) is 88.1 Å². The first kappa shape index (κ1) is 22.8. The highest BCUT2D eigenvalue weighted by Gasteiger charge is 2.16. The summed E-state index contributed by atoms with van der Waals surface area (Å²) in [6.07, 6.45) is -0.513. The van der Waals surface area contributed by atoms with E-state index in [0.29, 0.717) is 28.2 Å². The van der Waals surface area contributed by atoms with Crippen LogP contribution >= 0.6 is 0 Å². The Morgan fingerprint density at radius 1 is 0.882 bits per heavy atom. The molecule has 34 heavy (non-hydrogen) atoms. The largest absolute Gasteiger partial charge is 0.489 e. The molecule has 0 aliphatic carbocycles. The molecule has 1 unspecified atom stereocenters. The number of ether oxygens (including phenoxy) is 3. The molecule has 3 aromatic carbocycles. The van der Waals surface area contributed by atoms with E-state index in [1.54, 1.807) is 61.5 Å². The van der Waals surface area contributed by atoms with Crippen LogP contribution in [0.1, 0.15) is 27.6 Å². The predicted octanol–water partition coefficient (Wildman–Crippen LogP) is 4.87. The van der Waals surface area contributed by atoms with Crippen LogP contribution in [0.5, 0.6) is 5.75 Å². The van der Waals surface area contributed by atoms with Crippen LogP contribution in [0.3, 0.4) is 0 Å². The zero-order chi connectivity index (χ0) is 24.1. The molecule has 0 bridgehead atoms. The zero-order valence-corrected chi connectivity index (χ0v) is 18.6. The van der Waals surface area contributed by atoms with E-state index in [4.69, 9.17) is 18.6 Å². The summed E-state index contributed by atoms with van der Waals surface area (Å²) in [5.41, 5.74) is 1.32. The molecular formula is C27H22O7. The van der Waals surface area contributed by atoms with E-state index in [1.165, 1.54) is 25.3 Å². The smallest absolute Gasteiger partial charge is 0.338 e. The molecule has 0 fully saturated rings. The average Bonchev–Trinajstić information content (AvgIpc) is 2.87. The lowest BCUT2D eigenvalue weighted by Crippen LogP contribution is -2.22. The number of fused-ring (bicyclic) bond motifs is 1. The summed E-state index contributed by atoms with van der Waals surface area (Å²) in [4.78, 5) is 36.8. The maximum atomic E-state index is 12.8. The second-order valence-corrected chi connectivity index (χ2v) is 7.57. The van der Waals surface area contributed by atoms with Gasteiger partial charge < -0.3 is 18.6 Å². The zero-order valence-electron chi connectivity index (χ0n) is 18.6. The quantitative estimate of drug-likeness (QED) is 0.365. The van der Waals surface area contributed by atoms with Crippen LogP contribution in [0.2, 0.25) is 0 Å². The van der Waals surface area contributed by atoms with Gasteiger partial charge in [0.05, 0.1) is 29.2 Å². The maximum Gasteiger partial charge on any atom is 0.338 e. The molecule has 0 aliphatic rings. The molecule has 0 saturated heterocycles. The molecule has 0 N–H and O–H groups in total. The van der Waals surface area contributed by atoms with Crippen molar-refractivity contribution in [2.45, 2.75) is 13.0 Å². The third-order valence-corrected chi connectivity index (χ3v) is 5.09. The first-order valence-electron chi connectivity index (χ1n) is 10.6. The highest BCUT2D eigenvalue weighted by atomic mass is 16.6. The Kier molecular flexibility index (Phi) is 6.73. The van der Waals surface area contributed by atoms with Gasteiger partial charge in [-0.05, 0) is 49.4 Å². The molecule has 0 amide bonds. The Morgan fingerprint density at radius 2 is 1.62 bits per heavy atom. The van der Waals surface area contributed by atoms with Gasteiger partial charge >= 0.3 is 11.9 Å². The molecule has 172 valence electrons. The topological polar surface area (TPSA) is 92.0 Å². The Labute approximate surface area is 195 Å². The van der Waals surface area contributed by atoms with Gasteiger partial charge in [0.15, 0.2) is 5.43 Å². The van der Waals surface area contributed by atoms with Crippen LogP contribution in [0, 0.1) is 0 Å². The molecule has 1 aromatic heterocycles. The first-order chi connectivity index (χ1) is 16.5. The fraction of sp³-hybridized carbons (Fsp3) is 0.148. The number of para-hydroxylation sites is 1. The Hall–Kier alpha value is -4.39. The lowest BCUT2D eigenvalue weighted by Gasteiger charge is -2.16. The molecule has 1 atom stereocenters. The fourth-order valence-electron chi connectivity index (χ4n) is 3.40. The Bertz CT molecular complexity index is 1390. The molecule has 7 nitrogen and oxygen atoms in total. The van der Waals surface area contributed by atoms with Crippen molar-refractivity contribution in [3.05, 3.63) is 100 Å². The van der Waals surface area contributed by atoms with E-state index in [0.717, 1.165) is 0 Å². The minimum Gasteiger partial charge on any atom is -0.489 e. The van der Waals surface area contributed by atoms with E-state index in [1.807, 2.05) is 6.07 Å². The summed E-state index contributed by atoms with van der Waals surface area (Å²) in [5.74, 6) is -0.185. The third-order valence-electron chi connectivity index (χ3n) is 5.09. The molecule has 0 spiro atoms. The number of rotatable bonds is 7. The average molecular weight is 458 g/mol. The van der Waals surface area contributed by atoms with Crippen molar-refractivity contribution in [3.8, 4) is 17.1 Å². The van der Waals surface area contributed by atoms with Gasteiger partial charge in [0.2, 0.25) is 0 Å². The summed E-state index contributed by atoms with van der Waals surface area (Å²) in [6.45, 7) is 1.84. The van der Waals surface area contributed by atoms with Gasteiger partial charge in [-0.1, -0.05) is 30.3 Å². The normalized spacial score (nSPS) is 11.6.